The smallest absolute Gasteiger partial charge is 0.317 e. The largest absolute Gasteiger partial charge is 0.334 e. The fourth-order valence-electron chi connectivity index (χ4n) is 4.43. The molecule has 0 bridgehead atoms. The van der Waals surface area contributed by atoms with E-state index in [-0.39, 0.29) is 18.0 Å². The van der Waals surface area contributed by atoms with Crippen molar-refractivity contribution >= 4 is 17.6 Å². The monoisotopic (exact) mass is 381 g/mol. The van der Waals surface area contributed by atoms with E-state index < -0.39 is 5.41 Å². The van der Waals surface area contributed by atoms with E-state index in [1.807, 2.05) is 60.7 Å². The van der Waals surface area contributed by atoms with Crippen molar-refractivity contribution in [2.45, 2.75) is 51.6 Å². The first-order valence-electron chi connectivity index (χ1n) is 9.86. The minimum atomic E-state index is -0.497. The third-order valence-corrected chi connectivity index (χ3v) is 5.95. The van der Waals surface area contributed by atoms with E-state index in [0.29, 0.717) is 32.5 Å². The summed E-state index contributed by atoms with van der Waals surface area (Å²) in [6.07, 6.45) is 1.30. The Balaban J connectivity index is 1.37. The summed E-state index contributed by atoms with van der Waals surface area (Å²) in [6, 6.07) is 9.81. The molecule has 2 aliphatic heterocycles. The van der Waals surface area contributed by atoms with Gasteiger partial charge in [-0.15, -0.1) is 0 Å². The molecular weight excluding hydrogens is 354 g/mol. The Morgan fingerprint density at radius 3 is 2.68 bits per heavy atom. The molecule has 2 aromatic rings. The summed E-state index contributed by atoms with van der Waals surface area (Å²) < 4.78 is 1.92. The molecule has 2 N–H and O–H groups in total. The zero-order valence-corrected chi connectivity index (χ0v) is 16.7. The molecule has 1 atom stereocenters. The molecule has 4 rings (SSSR count). The number of hydrogen-bond donors (Lipinski definition) is 2. The molecule has 1 saturated heterocycles. The lowest BCUT2D eigenvalue weighted by atomic mass is 9.74. The predicted octanol–water partition coefficient (Wildman–Crippen LogP) is 2.58. The first kappa shape index (κ1) is 18.5. The second-order valence-electron chi connectivity index (χ2n) is 8.03. The minimum Gasteiger partial charge on any atom is -0.334 e. The van der Waals surface area contributed by atoms with Crippen molar-refractivity contribution in [3.05, 3.63) is 47.3 Å². The van der Waals surface area contributed by atoms with Crippen molar-refractivity contribution in [1.29, 1.82) is 0 Å². The molecule has 1 spiro atoms. The van der Waals surface area contributed by atoms with Gasteiger partial charge in [0.05, 0.1) is 17.7 Å². The summed E-state index contributed by atoms with van der Waals surface area (Å²) in [5.74, 6) is 0.0617. The van der Waals surface area contributed by atoms with E-state index in [1.165, 1.54) is 0 Å². The molecular formula is C21H27N5O2. The lowest BCUT2D eigenvalue weighted by Crippen LogP contribution is -2.52. The number of nitrogens with one attached hydrogen (secondary N) is 2. The van der Waals surface area contributed by atoms with Crippen LogP contribution in [0.5, 0.6) is 0 Å². The number of nitrogens with zero attached hydrogens (tertiary/aromatic N) is 3. The van der Waals surface area contributed by atoms with Crippen LogP contribution in [0.1, 0.15) is 36.7 Å². The Kier molecular flexibility index (Phi) is 4.61. The number of rotatable bonds is 3. The van der Waals surface area contributed by atoms with Crippen LogP contribution >= 0.6 is 0 Å². The van der Waals surface area contributed by atoms with E-state index in [1.54, 1.807) is 0 Å². The molecule has 3 amide bonds. The predicted molar refractivity (Wildman–Crippen MR) is 107 cm³/mol. The molecule has 7 nitrogen and oxygen atoms in total. The van der Waals surface area contributed by atoms with Crippen molar-refractivity contribution in [3.8, 4) is 0 Å². The second kappa shape index (κ2) is 6.96. The summed E-state index contributed by atoms with van der Waals surface area (Å²) in [5, 5.41) is 10.5. The van der Waals surface area contributed by atoms with Crippen LogP contribution < -0.4 is 10.6 Å². The van der Waals surface area contributed by atoms with Gasteiger partial charge in [-0.05, 0) is 51.3 Å². The number of piperidine rings is 1. The first-order chi connectivity index (χ1) is 13.4. The van der Waals surface area contributed by atoms with Crippen LogP contribution in [0.15, 0.2) is 30.3 Å². The fraction of sp³-hybridized carbons (Fsp3) is 0.476. The van der Waals surface area contributed by atoms with E-state index in [4.69, 9.17) is 0 Å². The average Bonchev–Trinajstić information content (AvgIpc) is 3.12. The van der Waals surface area contributed by atoms with Crippen LogP contribution in [0.25, 0.3) is 0 Å². The number of amides is 3. The number of carbonyl (C=O) groups is 2. The Morgan fingerprint density at radius 1 is 1.29 bits per heavy atom. The van der Waals surface area contributed by atoms with Crippen LogP contribution in [0.3, 0.4) is 0 Å². The maximum absolute atomic E-state index is 12.7. The Bertz CT molecular complexity index is 911. The van der Waals surface area contributed by atoms with Crippen molar-refractivity contribution in [2.24, 2.45) is 0 Å². The average molecular weight is 381 g/mol. The summed E-state index contributed by atoms with van der Waals surface area (Å²) in [7, 11) is 0. The lowest BCUT2D eigenvalue weighted by Gasteiger charge is -2.38. The minimum absolute atomic E-state index is 0.0307. The standard InChI is InChI=1S/C21H27N5O2/c1-14-12-16(3)26(24-14)13-15(2)22-20(28)25-10-8-21(9-11-25)17-6-4-5-7-18(17)23-19(21)27/h4-7,12,15H,8-11,13H2,1-3H3,(H,22,28)(H,23,27)/t15-/m0/s1. The lowest BCUT2D eigenvalue weighted by molar-refractivity contribution is -0.122. The third kappa shape index (κ3) is 3.15. The van der Waals surface area contributed by atoms with Gasteiger partial charge >= 0.3 is 6.03 Å². The molecule has 7 heteroatoms. The highest BCUT2D eigenvalue weighted by molar-refractivity contribution is 6.06. The molecule has 3 heterocycles. The number of likely N-dealkylation sites (tertiary alicyclic amines) is 1. The summed E-state index contributed by atoms with van der Waals surface area (Å²) in [4.78, 5) is 27.2. The van der Waals surface area contributed by atoms with Gasteiger partial charge in [-0.3, -0.25) is 9.48 Å². The Hall–Kier alpha value is -2.83. The quantitative estimate of drug-likeness (QED) is 0.858. The van der Waals surface area contributed by atoms with Crippen LogP contribution in [0.4, 0.5) is 10.5 Å². The highest BCUT2D eigenvalue weighted by atomic mass is 16.2. The van der Waals surface area contributed by atoms with E-state index in [9.17, 15) is 9.59 Å². The number of anilines is 1. The molecule has 1 aromatic carbocycles. The molecule has 1 aromatic heterocycles. The van der Waals surface area contributed by atoms with Gasteiger partial charge in [-0.1, -0.05) is 18.2 Å². The van der Waals surface area contributed by atoms with Crippen LogP contribution in [0.2, 0.25) is 0 Å². The summed E-state index contributed by atoms with van der Waals surface area (Å²) in [5.41, 5.74) is 3.54. The highest BCUT2D eigenvalue weighted by Crippen LogP contribution is 2.44. The van der Waals surface area contributed by atoms with Crippen LogP contribution in [-0.4, -0.2) is 45.8 Å². The van der Waals surface area contributed by atoms with Gasteiger partial charge in [0.2, 0.25) is 5.91 Å². The summed E-state index contributed by atoms with van der Waals surface area (Å²) >= 11 is 0. The van der Waals surface area contributed by atoms with Crippen LogP contribution in [0, 0.1) is 13.8 Å². The van der Waals surface area contributed by atoms with Crippen LogP contribution in [-0.2, 0) is 16.8 Å². The van der Waals surface area contributed by atoms with Gasteiger partial charge in [-0.2, -0.15) is 5.10 Å². The Labute approximate surface area is 165 Å². The van der Waals surface area contributed by atoms with E-state index in [2.05, 4.69) is 15.7 Å². The van der Waals surface area contributed by atoms with Gasteiger partial charge in [0, 0.05) is 30.5 Å². The number of aromatic nitrogens is 2. The SMILES string of the molecule is Cc1cc(C)n(C[C@H](C)NC(=O)N2CCC3(CC2)C(=O)Nc2ccccc23)n1. The molecule has 28 heavy (non-hydrogen) atoms. The number of para-hydroxylation sites is 1. The molecule has 0 radical (unpaired) electrons. The zero-order chi connectivity index (χ0) is 19.9. The number of aryl methyl sites for hydroxylation is 2. The molecule has 148 valence electrons. The third-order valence-electron chi connectivity index (χ3n) is 5.95. The van der Waals surface area contributed by atoms with Gasteiger partial charge < -0.3 is 15.5 Å². The van der Waals surface area contributed by atoms with E-state index in [0.717, 1.165) is 22.6 Å². The molecule has 0 unspecified atom stereocenters. The molecule has 0 aliphatic carbocycles. The van der Waals surface area contributed by atoms with Gasteiger partial charge in [0.15, 0.2) is 0 Å². The molecule has 2 aliphatic rings. The van der Waals surface area contributed by atoms with Crippen molar-refractivity contribution in [2.75, 3.05) is 18.4 Å². The molecule has 1 fully saturated rings. The Morgan fingerprint density at radius 2 is 2.00 bits per heavy atom. The van der Waals surface area contributed by atoms with Crippen molar-refractivity contribution in [1.82, 2.24) is 20.0 Å². The number of fused-ring (bicyclic) bond motifs is 2. The van der Waals surface area contributed by atoms with Crippen molar-refractivity contribution in [3.63, 3.8) is 0 Å². The number of benzene rings is 1. The fourth-order valence-corrected chi connectivity index (χ4v) is 4.43. The number of carbonyl (C=O) groups excluding carboxylic acids is 2. The first-order valence-corrected chi connectivity index (χ1v) is 9.86. The van der Waals surface area contributed by atoms with Gasteiger partial charge in [-0.25, -0.2) is 4.79 Å². The normalized spacial score (nSPS) is 18.7. The van der Waals surface area contributed by atoms with E-state index >= 15 is 0 Å². The summed E-state index contributed by atoms with van der Waals surface area (Å²) in [6.45, 7) is 7.75. The van der Waals surface area contributed by atoms with Crippen molar-refractivity contribution < 1.29 is 9.59 Å². The topological polar surface area (TPSA) is 79.3 Å². The van der Waals surface area contributed by atoms with Gasteiger partial charge in [0.25, 0.3) is 0 Å². The molecule has 0 saturated carbocycles. The maximum Gasteiger partial charge on any atom is 0.317 e. The number of urea groups is 1. The zero-order valence-electron chi connectivity index (χ0n) is 16.7. The second-order valence-corrected chi connectivity index (χ2v) is 8.03. The maximum atomic E-state index is 12.7. The highest BCUT2D eigenvalue weighted by Gasteiger charge is 2.48. The number of hydrogen-bond acceptors (Lipinski definition) is 3. The van der Waals surface area contributed by atoms with Gasteiger partial charge in [0.1, 0.15) is 0 Å².